The molecule has 1 rings (SSSR count). The van der Waals surface area contributed by atoms with E-state index in [2.05, 4.69) is 11.2 Å². The Morgan fingerprint density at radius 1 is 1.71 bits per heavy atom. The zero-order valence-electron chi connectivity index (χ0n) is 8.33. The first-order valence-electron chi connectivity index (χ1n) is 4.44. The van der Waals surface area contributed by atoms with Crippen molar-refractivity contribution in [2.45, 2.75) is 26.3 Å². The molecule has 0 aromatic carbocycles. The number of anilines is 1. The third-order valence-electron chi connectivity index (χ3n) is 1.77. The van der Waals surface area contributed by atoms with Crippen molar-refractivity contribution in [2.24, 2.45) is 0 Å². The molecule has 1 atom stereocenters. The number of thiophene rings is 1. The second-order valence-corrected chi connectivity index (χ2v) is 4.26. The van der Waals surface area contributed by atoms with Gasteiger partial charge in [0.15, 0.2) is 5.78 Å². The molecule has 0 aliphatic rings. The van der Waals surface area contributed by atoms with Crippen LogP contribution in [0.5, 0.6) is 0 Å². The summed E-state index contributed by atoms with van der Waals surface area (Å²) in [6.45, 7) is 3.59. The molecular formula is C11H13NOS. The molecule has 0 saturated carbocycles. The van der Waals surface area contributed by atoms with Gasteiger partial charge in [0, 0.05) is 12.5 Å². The van der Waals surface area contributed by atoms with Gasteiger partial charge in [0.25, 0.3) is 0 Å². The van der Waals surface area contributed by atoms with Crippen LogP contribution < -0.4 is 5.32 Å². The van der Waals surface area contributed by atoms with Crippen LogP contribution in [0, 0.1) is 12.3 Å². The van der Waals surface area contributed by atoms with Gasteiger partial charge in [-0.05, 0) is 26.0 Å². The Kier molecular flexibility index (Phi) is 3.73. The van der Waals surface area contributed by atoms with E-state index in [1.54, 1.807) is 6.92 Å². The lowest BCUT2D eigenvalue weighted by molar-refractivity contribution is 0.102. The zero-order valence-corrected chi connectivity index (χ0v) is 9.15. The molecule has 1 heterocycles. The van der Waals surface area contributed by atoms with Crippen molar-refractivity contribution in [1.82, 2.24) is 0 Å². The maximum Gasteiger partial charge on any atom is 0.169 e. The van der Waals surface area contributed by atoms with Gasteiger partial charge in [0.05, 0.1) is 9.88 Å². The normalized spacial score (nSPS) is 11.8. The molecule has 1 unspecified atom stereocenters. The molecule has 0 bridgehead atoms. The average Bonchev–Trinajstić information content (AvgIpc) is 2.53. The van der Waals surface area contributed by atoms with Crippen LogP contribution in [0.15, 0.2) is 12.1 Å². The summed E-state index contributed by atoms with van der Waals surface area (Å²) >= 11 is 1.47. The van der Waals surface area contributed by atoms with Gasteiger partial charge in [-0.3, -0.25) is 4.79 Å². The summed E-state index contributed by atoms with van der Waals surface area (Å²) in [4.78, 5) is 11.8. The Morgan fingerprint density at radius 2 is 2.43 bits per heavy atom. The highest BCUT2D eigenvalue weighted by molar-refractivity contribution is 7.17. The lowest BCUT2D eigenvalue weighted by Gasteiger charge is -2.09. The molecule has 0 fully saturated rings. The summed E-state index contributed by atoms with van der Waals surface area (Å²) < 4.78 is 0. The highest BCUT2D eigenvalue weighted by Gasteiger charge is 2.05. The maximum atomic E-state index is 11.0. The number of terminal acetylenes is 1. The van der Waals surface area contributed by atoms with E-state index >= 15 is 0 Å². The minimum absolute atomic E-state index is 0.104. The number of ketones is 1. The smallest absolute Gasteiger partial charge is 0.169 e. The molecule has 2 nitrogen and oxygen atoms in total. The molecule has 1 aromatic rings. The van der Waals surface area contributed by atoms with Crippen LogP contribution in [0.3, 0.4) is 0 Å². The highest BCUT2D eigenvalue weighted by Crippen LogP contribution is 2.23. The van der Waals surface area contributed by atoms with Crippen molar-refractivity contribution in [3.05, 3.63) is 17.0 Å². The minimum atomic E-state index is 0.104. The Hall–Kier alpha value is -1.27. The number of carbonyl (C=O) groups is 1. The summed E-state index contributed by atoms with van der Waals surface area (Å²) in [5.74, 6) is 2.70. The first kappa shape index (κ1) is 10.8. The van der Waals surface area contributed by atoms with Crippen molar-refractivity contribution in [1.29, 1.82) is 0 Å². The number of hydrogen-bond donors (Lipinski definition) is 1. The quantitative estimate of drug-likeness (QED) is 0.607. The summed E-state index contributed by atoms with van der Waals surface area (Å²) in [6.07, 6.45) is 5.88. The summed E-state index contributed by atoms with van der Waals surface area (Å²) in [6, 6.07) is 3.99. The van der Waals surface area contributed by atoms with E-state index in [1.807, 2.05) is 19.1 Å². The number of rotatable bonds is 4. The van der Waals surface area contributed by atoms with Gasteiger partial charge >= 0.3 is 0 Å². The number of nitrogens with one attached hydrogen (secondary N) is 1. The second-order valence-electron chi connectivity index (χ2n) is 3.17. The van der Waals surface area contributed by atoms with E-state index in [-0.39, 0.29) is 11.8 Å². The van der Waals surface area contributed by atoms with Crippen LogP contribution in [0.25, 0.3) is 0 Å². The van der Waals surface area contributed by atoms with Crippen LogP contribution in [-0.4, -0.2) is 11.8 Å². The van der Waals surface area contributed by atoms with Gasteiger partial charge in [0.2, 0.25) is 0 Å². The molecule has 0 aliphatic carbocycles. The second kappa shape index (κ2) is 4.83. The third-order valence-corrected chi connectivity index (χ3v) is 2.88. The van der Waals surface area contributed by atoms with Crippen LogP contribution in [0.2, 0.25) is 0 Å². The minimum Gasteiger partial charge on any atom is -0.374 e. The topological polar surface area (TPSA) is 29.1 Å². The van der Waals surface area contributed by atoms with E-state index in [4.69, 9.17) is 6.42 Å². The van der Waals surface area contributed by atoms with Crippen LogP contribution in [-0.2, 0) is 0 Å². The highest BCUT2D eigenvalue weighted by atomic mass is 32.1. The molecule has 0 amide bonds. The molecule has 1 aromatic heterocycles. The average molecular weight is 207 g/mol. The third kappa shape index (κ3) is 2.90. The standard InChI is InChI=1S/C11H13NOS/c1-4-5-8(2)12-11-7-6-10(14-11)9(3)13/h1,6-8,12H,5H2,2-3H3. The van der Waals surface area contributed by atoms with Gasteiger partial charge in [-0.15, -0.1) is 23.7 Å². The van der Waals surface area contributed by atoms with Crippen LogP contribution >= 0.6 is 11.3 Å². The van der Waals surface area contributed by atoms with E-state index in [0.29, 0.717) is 6.42 Å². The SMILES string of the molecule is C#CCC(C)Nc1ccc(C(C)=O)s1. The number of carbonyl (C=O) groups excluding carboxylic acids is 1. The molecule has 0 aliphatic heterocycles. The summed E-state index contributed by atoms with van der Waals surface area (Å²) in [5, 5.41) is 4.24. The Balaban J connectivity index is 2.60. The molecule has 3 heteroatoms. The lowest BCUT2D eigenvalue weighted by Crippen LogP contribution is -2.12. The van der Waals surface area contributed by atoms with Gasteiger partial charge in [0.1, 0.15) is 0 Å². The summed E-state index contributed by atoms with van der Waals surface area (Å²) in [7, 11) is 0. The van der Waals surface area contributed by atoms with Crippen molar-refractivity contribution in [3.63, 3.8) is 0 Å². The lowest BCUT2D eigenvalue weighted by atomic mass is 10.2. The van der Waals surface area contributed by atoms with E-state index in [1.165, 1.54) is 11.3 Å². The fourth-order valence-corrected chi connectivity index (χ4v) is 1.99. The predicted octanol–water partition coefficient (Wildman–Crippen LogP) is 2.77. The fraction of sp³-hybridized carbons (Fsp3) is 0.364. The van der Waals surface area contributed by atoms with Crippen molar-refractivity contribution < 1.29 is 4.79 Å². The zero-order chi connectivity index (χ0) is 10.6. The Morgan fingerprint density at radius 3 is 2.93 bits per heavy atom. The first-order chi connectivity index (χ1) is 6.63. The van der Waals surface area contributed by atoms with Gasteiger partial charge < -0.3 is 5.32 Å². The molecule has 0 spiro atoms. The molecular weight excluding hydrogens is 194 g/mol. The van der Waals surface area contributed by atoms with Crippen molar-refractivity contribution in [2.75, 3.05) is 5.32 Å². The van der Waals surface area contributed by atoms with Crippen LogP contribution in [0.4, 0.5) is 5.00 Å². The van der Waals surface area contributed by atoms with Crippen molar-refractivity contribution in [3.8, 4) is 12.3 Å². The molecule has 0 saturated heterocycles. The molecule has 0 radical (unpaired) electrons. The number of hydrogen-bond acceptors (Lipinski definition) is 3. The predicted molar refractivity (Wildman–Crippen MR) is 60.9 cm³/mol. The van der Waals surface area contributed by atoms with Gasteiger partial charge in [-0.2, -0.15) is 0 Å². The Bertz CT molecular complexity index is 362. The van der Waals surface area contributed by atoms with Crippen molar-refractivity contribution >= 4 is 22.1 Å². The molecule has 1 N–H and O–H groups in total. The largest absolute Gasteiger partial charge is 0.374 e. The number of Topliss-reactive ketones (excluding diaryl/α,β-unsaturated/α-hetero) is 1. The molecule has 74 valence electrons. The summed E-state index contributed by atoms with van der Waals surface area (Å²) in [5.41, 5.74) is 0. The van der Waals surface area contributed by atoms with Gasteiger partial charge in [-0.25, -0.2) is 0 Å². The monoisotopic (exact) mass is 207 g/mol. The molecule has 14 heavy (non-hydrogen) atoms. The van der Waals surface area contributed by atoms with E-state index < -0.39 is 0 Å². The van der Waals surface area contributed by atoms with E-state index in [0.717, 1.165) is 9.88 Å². The van der Waals surface area contributed by atoms with Crippen LogP contribution in [0.1, 0.15) is 29.9 Å². The Labute approximate surface area is 88.3 Å². The fourth-order valence-electron chi connectivity index (χ4n) is 1.08. The van der Waals surface area contributed by atoms with Gasteiger partial charge in [-0.1, -0.05) is 0 Å². The van der Waals surface area contributed by atoms with E-state index in [9.17, 15) is 4.79 Å². The first-order valence-corrected chi connectivity index (χ1v) is 5.26. The maximum absolute atomic E-state index is 11.0.